The lowest BCUT2D eigenvalue weighted by Crippen LogP contribution is -2.39. The summed E-state index contributed by atoms with van der Waals surface area (Å²) in [6.45, 7) is 9.37. The van der Waals surface area contributed by atoms with Crippen LogP contribution in [-0.4, -0.2) is 56.5 Å². The third-order valence-electron chi connectivity index (χ3n) is 3.27. The fourth-order valence-electron chi connectivity index (χ4n) is 2.12. The molecule has 1 rings (SSSR count). The average molecular weight is 322 g/mol. The van der Waals surface area contributed by atoms with Gasteiger partial charge in [0.1, 0.15) is 5.60 Å². The molecule has 0 atom stereocenters. The van der Waals surface area contributed by atoms with Crippen molar-refractivity contribution in [1.29, 1.82) is 0 Å². The lowest BCUT2D eigenvalue weighted by molar-refractivity contribution is 0.0520. The van der Waals surface area contributed by atoms with E-state index in [4.69, 9.17) is 9.47 Å². The highest BCUT2D eigenvalue weighted by Gasteiger charge is 2.15. The molecule has 5 nitrogen and oxygen atoms in total. The Balaban J connectivity index is 2.34. The molecule has 0 radical (unpaired) electrons. The van der Waals surface area contributed by atoms with Gasteiger partial charge in [-0.05, 0) is 32.8 Å². The first-order chi connectivity index (χ1) is 10.9. The molecule has 0 saturated carbocycles. The Morgan fingerprint density at radius 3 is 2.43 bits per heavy atom. The van der Waals surface area contributed by atoms with Gasteiger partial charge in [0.05, 0.1) is 6.61 Å². The van der Waals surface area contributed by atoms with Gasteiger partial charge in [-0.2, -0.15) is 0 Å². The second-order valence-electron chi connectivity index (χ2n) is 6.50. The van der Waals surface area contributed by atoms with Crippen LogP contribution in [0.25, 0.3) is 0 Å². The third kappa shape index (κ3) is 9.92. The smallest absolute Gasteiger partial charge is 0.407 e. The van der Waals surface area contributed by atoms with Crippen LogP contribution in [0.4, 0.5) is 4.79 Å². The van der Waals surface area contributed by atoms with E-state index in [1.807, 2.05) is 26.8 Å². The molecule has 0 aliphatic rings. The number of nitrogens with zero attached hydrogens (tertiary/aromatic N) is 1. The van der Waals surface area contributed by atoms with Crippen LogP contribution in [0.15, 0.2) is 30.3 Å². The van der Waals surface area contributed by atoms with Crippen LogP contribution in [0.5, 0.6) is 0 Å². The van der Waals surface area contributed by atoms with Crippen LogP contribution in [0, 0.1) is 0 Å². The van der Waals surface area contributed by atoms with E-state index in [2.05, 4.69) is 34.5 Å². The van der Waals surface area contributed by atoms with Gasteiger partial charge in [-0.25, -0.2) is 4.79 Å². The lowest BCUT2D eigenvalue weighted by Gasteiger charge is -2.23. The molecule has 1 amide bonds. The van der Waals surface area contributed by atoms with Crippen LogP contribution in [0.2, 0.25) is 0 Å². The van der Waals surface area contributed by atoms with Crippen molar-refractivity contribution < 1.29 is 14.3 Å². The van der Waals surface area contributed by atoms with Gasteiger partial charge in [0.2, 0.25) is 0 Å². The maximum atomic E-state index is 11.7. The number of hydrogen-bond acceptors (Lipinski definition) is 4. The van der Waals surface area contributed by atoms with Gasteiger partial charge in [0, 0.05) is 33.3 Å². The van der Waals surface area contributed by atoms with Crippen molar-refractivity contribution in [3.8, 4) is 0 Å². The van der Waals surface area contributed by atoms with Crippen LogP contribution in [0.1, 0.15) is 26.3 Å². The Hall–Kier alpha value is -1.59. The summed E-state index contributed by atoms with van der Waals surface area (Å²) in [5, 5.41) is 2.80. The second-order valence-corrected chi connectivity index (χ2v) is 6.50. The third-order valence-corrected chi connectivity index (χ3v) is 3.27. The number of benzene rings is 1. The number of rotatable bonds is 9. The minimum absolute atomic E-state index is 0.368. The Morgan fingerprint density at radius 2 is 1.83 bits per heavy atom. The minimum Gasteiger partial charge on any atom is -0.444 e. The first-order valence-electron chi connectivity index (χ1n) is 8.13. The van der Waals surface area contributed by atoms with Crippen LogP contribution in [-0.2, 0) is 15.9 Å². The topological polar surface area (TPSA) is 50.8 Å². The van der Waals surface area contributed by atoms with Gasteiger partial charge in [-0.15, -0.1) is 0 Å². The standard InChI is InChI=1S/C18H30N2O3/c1-18(2,3)23-17(21)19-11-13-20(14-15-22-4)12-10-16-8-6-5-7-9-16/h5-9H,10-15H2,1-4H3,(H,19,21). The number of carbonyl (C=O) groups is 1. The van der Waals surface area contributed by atoms with Crippen molar-refractivity contribution in [3.05, 3.63) is 35.9 Å². The molecule has 1 aromatic carbocycles. The van der Waals surface area contributed by atoms with Crippen molar-refractivity contribution in [2.24, 2.45) is 0 Å². The quantitative estimate of drug-likeness (QED) is 0.759. The van der Waals surface area contributed by atoms with E-state index in [1.165, 1.54) is 5.56 Å². The van der Waals surface area contributed by atoms with Crippen LogP contribution < -0.4 is 5.32 Å². The molecule has 1 aromatic rings. The molecule has 130 valence electrons. The Kier molecular flexibility index (Phi) is 8.66. The van der Waals surface area contributed by atoms with Crippen LogP contribution >= 0.6 is 0 Å². The van der Waals surface area contributed by atoms with E-state index in [0.717, 1.165) is 26.1 Å². The first-order valence-corrected chi connectivity index (χ1v) is 8.13. The largest absolute Gasteiger partial charge is 0.444 e. The molecule has 0 unspecified atom stereocenters. The summed E-state index contributed by atoms with van der Waals surface area (Å²) in [7, 11) is 1.70. The summed E-state index contributed by atoms with van der Waals surface area (Å²) in [4.78, 5) is 13.9. The Morgan fingerprint density at radius 1 is 1.13 bits per heavy atom. The molecule has 0 saturated heterocycles. The van der Waals surface area contributed by atoms with Gasteiger partial charge in [-0.1, -0.05) is 30.3 Å². The maximum Gasteiger partial charge on any atom is 0.407 e. The number of nitrogens with one attached hydrogen (secondary N) is 1. The highest BCUT2D eigenvalue weighted by molar-refractivity contribution is 5.67. The van der Waals surface area contributed by atoms with Gasteiger partial charge in [-0.3, -0.25) is 4.90 Å². The van der Waals surface area contributed by atoms with Crippen molar-refractivity contribution in [1.82, 2.24) is 10.2 Å². The van der Waals surface area contributed by atoms with Gasteiger partial charge in [0.15, 0.2) is 0 Å². The second kappa shape index (κ2) is 10.2. The fourth-order valence-corrected chi connectivity index (χ4v) is 2.12. The van der Waals surface area contributed by atoms with E-state index in [1.54, 1.807) is 7.11 Å². The Labute approximate surface area is 140 Å². The number of alkyl carbamates (subject to hydrolysis) is 1. The zero-order valence-electron chi connectivity index (χ0n) is 14.8. The molecule has 0 aliphatic carbocycles. The SMILES string of the molecule is COCCN(CCNC(=O)OC(C)(C)C)CCc1ccccc1. The summed E-state index contributed by atoms with van der Waals surface area (Å²) in [5.41, 5.74) is 0.850. The molecular weight excluding hydrogens is 292 g/mol. The molecule has 5 heteroatoms. The zero-order chi connectivity index (χ0) is 17.1. The Bertz CT molecular complexity index is 443. The van der Waals surface area contributed by atoms with Gasteiger partial charge in [0.25, 0.3) is 0 Å². The van der Waals surface area contributed by atoms with Gasteiger partial charge >= 0.3 is 6.09 Å². The highest BCUT2D eigenvalue weighted by Crippen LogP contribution is 2.06. The fraction of sp³-hybridized carbons (Fsp3) is 0.611. The number of amides is 1. The van der Waals surface area contributed by atoms with Crippen molar-refractivity contribution in [2.75, 3.05) is 39.9 Å². The van der Waals surface area contributed by atoms with E-state index < -0.39 is 5.60 Å². The summed E-state index contributed by atoms with van der Waals surface area (Å²) >= 11 is 0. The van der Waals surface area contributed by atoms with E-state index in [0.29, 0.717) is 13.2 Å². The predicted octanol–water partition coefficient (Wildman–Crippen LogP) is 2.70. The molecule has 0 aliphatic heterocycles. The normalized spacial score (nSPS) is 11.5. The van der Waals surface area contributed by atoms with E-state index in [9.17, 15) is 4.79 Å². The molecular formula is C18H30N2O3. The molecule has 0 bridgehead atoms. The van der Waals surface area contributed by atoms with Crippen LogP contribution in [0.3, 0.4) is 0 Å². The van der Waals surface area contributed by atoms with Crippen molar-refractivity contribution in [3.63, 3.8) is 0 Å². The average Bonchev–Trinajstić information content (AvgIpc) is 2.48. The molecule has 1 N–H and O–H groups in total. The minimum atomic E-state index is -0.465. The van der Waals surface area contributed by atoms with Gasteiger partial charge < -0.3 is 14.8 Å². The first kappa shape index (κ1) is 19.5. The number of hydrogen-bond donors (Lipinski definition) is 1. The molecule has 0 aromatic heterocycles. The van der Waals surface area contributed by atoms with E-state index >= 15 is 0 Å². The zero-order valence-corrected chi connectivity index (χ0v) is 14.8. The molecule has 0 heterocycles. The monoisotopic (exact) mass is 322 g/mol. The lowest BCUT2D eigenvalue weighted by atomic mass is 10.1. The molecule has 0 spiro atoms. The number of ether oxygens (including phenoxy) is 2. The summed E-state index contributed by atoms with van der Waals surface area (Å²) in [6, 6.07) is 10.4. The van der Waals surface area contributed by atoms with Crippen molar-refractivity contribution >= 4 is 6.09 Å². The summed E-state index contributed by atoms with van der Waals surface area (Å²) in [5.74, 6) is 0. The van der Waals surface area contributed by atoms with E-state index in [-0.39, 0.29) is 6.09 Å². The molecule has 0 fully saturated rings. The molecule has 23 heavy (non-hydrogen) atoms. The predicted molar refractivity (Wildman–Crippen MR) is 92.7 cm³/mol. The maximum absolute atomic E-state index is 11.7. The summed E-state index contributed by atoms with van der Waals surface area (Å²) < 4.78 is 10.4. The highest BCUT2D eigenvalue weighted by atomic mass is 16.6. The van der Waals surface area contributed by atoms with Crippen molar-refractivity contribution in [2.45, 2.75) is 32.8 Å². The number of methoxy groups -OCH3 is 1. The number of carbonyl (C=O) groups excluding carboxylic acids is 1. The summed E-state index contributed by atoms with van der Waals surface area (Å²) in [6.07, 6.45) is 0.615.